The van der Waals surface area contributed by atoms with Gasteiger partial charge < -0.3 is 10.1 Å². The van der Waals surface area contributed by atoms with Crippen molar-refractivity contribution in [2.24, 2.45) is 0 Å². The van der Waals surface area contributed by atoms with Gasteiger partial charge in [0, 0.05) is 19.7 Å². The summed E-state index contributed by atoms with van der Waals surface area (Å²) in [6, 6.07) is 11.3. The van der Waals surface area contributed by atoms with E-state index in [2.05, 4.69) is 42.6 Å². The molecule has 2 nitrogen and oxygen atoms in total. The predicted octanol–water partition coefficient (Wildman–Crippen LogP) is 4.47. The van der Waals surface area contributed by atoms with Gasteiger partial charge in [0.1, 0.15) is 0 Å². The average Bonchev–Trinajstić information content (AvgIpc) is 2.45. The molecule has 0 saturated heterocycles. The number of hydrogen-bond donors (Lipinski definition) is 1. The Bertz CT molecular complexity index is 367. The van der Waals surface area contributed by atoms with Gasteiger partial charge in [-0.05, 0) is 31.2 Å². The lowest BCUT2D eigenvalue weighted by Crippen LogP contribution is -2.48. The van der Waals surface area contributed by atoms with Crippen molar-refractivity contribution in [1.82, 2.24) is 5.32 Å². The van der Waals surface area contributed by atoms with Gasteiger partial charge in [-0.25, -0.2) is 0 Å². The molecule has 0 bridgehead atoms. The molecule has 112 valence electrons. The number of ether oxygens (including phenoxy) is 1. The second-order valence-electron chi connectivity index (χ2n) is 6.08. The Balaban J connectivity index is 1.92. The highest BCUT2D eigenvalue weighted by Gasteiger charge is 2.37. The molecule has 0 aliphatic heterocycles. The molecule has 0 spiro atoms. The van der Waals surface area contributed by atoms with Crippen molar-refractivity contribution in [3.8, 4) is 0 Å². The molecule has 0 heterocycles. The number of nitrogens with one attached hydrogen (secondary N) is 1. The molecule has 0 aromatic heterocycles. The minimum Gasteiger partial charge on any atom is -0.377 e. The first-order valence-electron chi connectivity index (χ1n) is 8.13. The van der Waals surface area contributed by atoms with Gasteiger partial charge in [0.15, 0.2) is 0 Å². The number of unbranched alkanes of at least 4 members (excludes halogenated alkanes) is 2. The molecule has 0 amide bonds. The zero-order valence-electron chi connectivity index (χ0n) is 13.0. The molecule has 1 aromatic carbocycles. The largest absolute Gasteiger partial charge is 0.377 e. The molecular weight excluding hydrogens is 246 g/mol. The zero-order chi connectivity index (χ0) is 14.3. The van der Waals surface area contributed by atoms with E-state index >= 15 is 0 Å². The van der Waals surface area contributed by atoms with Crippen LogP contribution in [0.4, 0.5) is 0 Å². The van der Waals surface area contributed by atoms with E-state index in [0.29, 0.717) is 6.04 Å². The summed E-state index contributed by atoms with van der Waals surface area (Å²) >= 11 is 0. The van der Waals surface area contributed by atoms with E-state index in [0.717, 1.165) is 6.54 Å². The van der Waals surface area contributed by atoms with Crippen molar-refractivity contribution >= 4 is 0 Å². The maximum Gasteiger partial charge on any atom is 0.0802 e. The molecule has 1 N–H and O–H groups in total. The lowest BCUT2D eigenvalue weighted by molar-refractivity contribution is -0.0710. The summed E-state index contributed by atoms with van der Waals surface area (Å²) in [6.07, 6.45) is 8.83. The lowest BCUT2D eigenvalue weighted by Gasteiger charge is -2.41. The van der Waals surface area contributed by atoms with Gasteiger partial charge in [-0.2, -0.15) is 0 Å². The van der Waals surface area contributed by atoms with Crippen LogP contribution in [0.2, 0.25) is 0 Å². The molecule has 1 aliphatic rings. The molecular formula is C18H29NO. The lowest BCUT2D eigenvalue weighted by atomic mass is 9.79. The van der Waals surface area contributed by atoms with E-state index in [-0.39, 0.29) is 5.60 Å². The van der Waals surface area contributed by atoms with Crippen molar-refractivity contribution in [2.75, 3.05) is 13.7 Å². The van der Waals surface area contributed by atoms with E-state index in [1.54, 1.807) is 0 Å². The molecule has 1 aromatic rings. The van der Waals surface area contributed by atoms with E-state index in [9.17, 15) is 0 Å². The summed E-state index contributed by atoms with van der Waals surface area (Å²) in [5, 5.41) is 3.76. The normalized spacial score (nSPS) is 18.5. The molecule has 1 atom stereocenters. The summed E-state index contributed by atoms with van der Waals surface area (Å²) < 4.78 is 5.72. The average molecular weight is 275 g/mol. The fourth-order valence-corrected chi connectivity index (χ4v) is 3.00. The summed E-state index contributed by atoms with van der Waals surface area (Å²) in [5.41, 5.74) is 1.52. The van der Waals surface area contributed by atoms with E-state index < -0.39 is 0 Å². The molecule has 1 unspecified atom stereocenters. The number of hydrogen-bond acceptors (Lipinski definition) is 2. The Morgan fingerprint density at radius 1 is 1.20 bits per heavy atom. The maximum absolute atomic E-state index is 5.72. The van der Waals surface area contributed by atoms with Crippen LogP contribution in [0.25, 0.3) is 0 Å². The topological polar surface area (TPSA) is 21.3 Å². The SMILES string of the molecule is CCCCCC(NCC1(OC)CCC1)c1ccccc1. The Hall–Kier alpha value is -0.860. The third-order valence-corrected chi connectivity index (χ3v) is 4.67. The second kappa shape index (κ2) is 7.80. The monoisotopic (exact) mass is 275 g/mol. The fraction of sp³-hybridized carbons (Fsp3) is 0.667. The minimum atomic E-state index is 0.109. The molecule has 0 radical (unpaired) electrons. The van der Waals surface area contributed by atoms with Gasteiger partial charge in [-0.15, -0.1) is 0 Å². The Morgan fingerprint density at radius 3 is 2.50 bits per heavy atom. The summed E-state index contributed by atoms with van der Waals surface area (Å²) in [5.74, 6) is 0. The number of benzene rings is 1. The van der Waals surface area contributed by atoms with E-state index in [1.165, 1.54) is 50.5 Å². The first-order chi connectivity index (χ1) is 9.79. The highest BCUT2D eigenvalue weighted by molar-refractivity contribution is 5.19. The van der Waals surface area contributed by atoms with Gasteiger partial charge in [-0.1, -0.05) is 56.5 Å². The summed E-state index contributed by atoms with van der Waals surface area (Å²) in [4.78, 5) is 0. The Kier molecular flexibility index (Phi) is 6.06. The van der Waals surface area contributed by atoms with Crippen molar-refractivity contribution < 1.29 is 4.74 Å². The van der Waals surface area contributed by atoms with Crippen LogP contribution in [0.1, 0.15) is 63.5 Å². The zero-order valence-corrected chi connectivity index (χ0v) is 13.0. The predicted molar refractivity (Wildman–Crippen MR) is 84.9 cm³/mol. The smallest absolute Gasteiger partial charge is 0.0802 e. The van der Waals surface area contributed by atoms with Crippen LogP contribution in [-0.2, 0) is 4.74 Å². The van der Waals surface area contributed by atoms with Gasteiger partial charge >= 0.3 is 0 Å². The van der Waals surface area contributed by atoms with E-state index in [1.807, 2.05) is 7.11 Å². The Labute approximate surface area is 123 Å². The summed E-state index contributed by atoms with van der Waals surface area (Å²) in [6.45, 7) is 3.24. The van der Waals surface area contributed by atoms with Crippen molar-refractivity contribution in [3.05, 3.63) is 35.9 Å². The molecule has 1 fully saturated rings. The second-order valence-corrected chi connectivity index (χ2v) is 6.08. The highest BCUT2D eigenvalue weighted by atomic mass is 16.5. The van der Waals surface area contributed by atoms with Gasteiger partial charge in [-0.3, -0.25) is 0 Å². The fourth-order valence-electron chi connectivity index (χ4n) is 3.00. The Morgan fingerprint density at radius 2 is 1.95 bits per heavy atom. The van der Waals surface area contributed by atoms with E-state index in [4.69, 9.17) is 4.74 Å². The summed E-state index contributed by atoms with van der Waals surface area (Å²) in [7, 11) is 1.86. The highest BCUT2D eigenvalue weighted by Crippen LogP contribution is 2.35. The van der Waals surface area contributed by atoms with Gasteiger partial charge in [0.2, 0.25) is 0 Å². The quantitative estimate of drug-likeness (QED) is 0.672. The van der Waals surface area contributed by atoms with Crippen LogP contribution in [0.3, 0.4) is 0 Å². The van der Waals surface area contributed by atoms with Gasteiger partial charge in [0.25, 0.3) is 0 Å². The third kappa shape index (κ3) is 4.07. The first-order valence-corrected chi connectivity index (χ1v) is 8.13. The molecule has 1 aliphatic carbocycles. The van der Waals surface area contributed by atoms with Crippen LogP contribution < -0.4 is 5.32 Å². The van der Waals surface area contributed by atoms with Crippen LogP contribution in [-0.4, -0.2) is 19.3 Å². The maximum atomic E-state index is 5.72. The first kappa shape index (κ1) is 15.5. The van der Waals surface area contributed by atoms with Crippen molar-refractivity contribution in [2.45, 2.75) is 63.5 Å². The van der Waals surface area contributed by atoms with Crippen LogP contribution in [0.5, 0.6) is 0 Å². The molecule has 20 heavy (non-hydrogen) atoms. The van der Waals surface area contributed by atoms with Gasteiger partial charge in [0.05, 0.1) is 5.60 Å². The van der Waals surface area contributed by atoms with Crippen LogP contribution >= 0.6 is 0 Å². The molecule has 1 saturated carbocycles. The minimum absolute atomic E-state index is 0.109. The molecule has 2 rings (SSSR count). The van der Waals surface area contributed by atoms with Crippen molar-refractivity contribution in [1.29, 1.82) is 0 Å². The van der Waals surface area contributed by atoms with Crippen molar-refractivity contribution in [3.63, 3.8) is 0 Å². The standard InChI is InChI=1S/C18H29NO/c1-3-4-6-12-17(16-10-7-5-8-11-16)19-15-18(20-2)13-9-14-18/h5,7-8,10-11,17,19H,3-4,6,9,12-15H2,1-2H3. The third-order valence-electron chi connectivity index (χ3n) is 4.67. The van der Waals surface area contributed by atoms with Crippen LogP contribution in [0, 0.1) is 0 Å². The number of rotatable bonds is 9. The molecule has 2 heteroatoms. The van der Waals surface area contributed by atoms with Crippen LogP contribution in [0.15, 0.2) is 30.3 Å². The number of methoxy groups -OCH3 is 1.